The van der Waals surface area contributed by atoms with Crippen LogP contribution in [0.5, 0.6) is 11.5 Å². The number of amides is 1. The molecule has 0 aromatic heterocycles. The van der Waals surface area contributed by atoms with Crippen molar-refractivity contribution in [2.24, 2.45) is 0 Å². The van der Waals surface area contributed by atoms with E-state index in [9.17, 15) is 9.59 Å². The predicted molar refractivity (Wildman–Crippen MR) is 119 cm³/mol. The average Bonchev–Trinajstić information content (AvgIpc) is 3.28. The number of carbonyl (C=O) groups excluding carboxylic acids is 2. The van der Waals surface area contributed by atoms with Crippen molar-refractivity contribution in [3.8, 4) is 11.5 Å². The Morgan fingerprint density at radius 2 is 1.81 bits per heavy atom. The van der Waals surface area contributed by atoms with Crippen LogP contribution < -0.4 is 14.4 Å². The van der Waals surface area contributed by atoms with Gasteiger partial charge in [-0.25, -0.2) is 4.79 Å². The molecule has 2 aliphatic rings. The van der Waals surface area contributed by atoms with Gasteiger partial charge in [-0.05, 0) is 54.8 Å². The Balaban J connectivity index is 1.39. The molecule has 1 amide bonds. The standard InChI is InChI=1S/C23H17NO5S2/c1-30-15-7-9-21-17(11-15)24(16-4-2-3-5-20(16)31-21)22(25)12-27-23(26)14-6-8-18-19(10-14)29-13-28-18/h2-11H,12-13H2,1H3. The molecule has 3 aromatic rings. The minimum Gasteiger partial charge on any atom is -0.454 e. The van der Waals surface area contributed by atoms with Crippen molar-refractivity contribution < 1.29 is 23.8 Å². The lowest BCUT2D eigenvalue weighted by Crippen LogP contribution is -2.32. The molecule has 0 fully saturated rings. The van der Waals surface area contributed by atoms with E-state index in [1.165, 1.54) is 0 Å². The number of nitrogens with zero attached hydrogens (tertiary/aromatic N) is 1. The first-order chi connectivity index (χ1) is 15.1. The Hall–Kier alpha value is -3.10. The first-order valence-corrected chi connectivity index (χ1v) is 11.5. The molecule has 0 bridgehead atoms. The summed E-state index contributed by atoms with van der Waals surface area (Å²) < 4.78 is 15.9. The summed E-state index contributed by atoms with van der Waals surface area (Å²) in [7, 11) is 0. The van der Waals surface area contributed by atoms with E-state index in [1.54, 1.807) is 46.6 Å². The van der Waals surface area contributed by atoms with E-state index in [0.717, 1.165) is 26.1 Å². The number of esters is 1. The quantitative estimate of drug-likeness (QED) is 0.403. The highest BCUT2D eigenvalue weighted by atomic mass is 32.2. The fraction of sp³-hybridized carbons (Fsp3) is 0.130. The zero-order chi connectivity index (χ0) is 21.4. The highest BCUT2D eigenvalue weighted by Gasteiger charge is 2.29. The molecule has 0 aliphatic carbocycles. The van der Waals surface area contributed by atoms with Crippen LogP contribution in [0.25, 0.3) is 0 Å². The van der Waals surface area contributed by atoms with Crippen LogP contribution in [-0.4, -0.2) is 31.5 Å². The van der Waals surface area contributed by atoms with E-state index in [1.807, 2.05) is 48.7 Å². The van der Waals surface area contributed by atoms with E-state index in [4.69, 9.17) is 14.2 Å². The lowest BCUT2D eigenvalue weighted by Gasteiger charge is -2.31. The summed E-state index contributed by atoms with van der Waals surface area (Å²) in [5.74, 6) is 0.156. The number of hydrogen-bond donors (Lipinski definition) is 0. The molecule has 8 heteroatoms. The van der Waals surface area contributed by atoms with Gasteiger partial charge < -0.3 is 14.2 Å². The number of rotatable bonds is 4. The molecular formula is C23H17NO5S2. The summed E-state index contributed by atoms with van der Waals surface area (Å²) in [6.45, 7) is -0.259. The molecule has 5 rings (SSSR count). The Morgan fingerprint density at radius 3 is 2.68 bits per heavy atom. The van der Waals surface area contributed by atoms with E-state index in [0.29, 0.717) is 17.1 Å². The Morgan fingerprint density at radius 1 is 1.00 bits per heavy atom. The molecule has 31 heavy (non-hydrogen) atoms. The number of benzene rings is 3. The fourth-order valence-electron chi connectivity index (χ4n) is 3.43. The normalized spacial score (nSPS) is 13.4. The molecule has 0 radical (unpaired) electrons. The van der Waals surface area contributed by atoms with Gasteiger partial charge in [0.05, 0.1) is 16.9 Å². The number of thioether (sulfide) groups is 1. The number of carbonyl (C=O) groups is 2. The maximum atomic E-state index is 13.2. The number of fused-ring (bicyclic) bond motifs is 3. The molecule has 3 aromatic carbocycles. The van der Waals surface area contributed by atoms with Crippen LogP contribution in [0.15, 0.2) is 75.4 Å². The summed E-state index contributed by atoms with van der Waals surface area (Å²) in [6.07, 6.45) is 1.99. The third kappa shape index (κ3) is 3.73. The van der Waals surface area contributed by atoms with Crippen molar-refractivity contribution in [2.45, 2.75) is 14.7 Å². The first-order valence-electron chi connectivity index (χ1n) is 9.49. The summed E-state index contributed by atoms with van der Waals surface area (Å²) in [6, 6.07) is 18.5. The largest absolute Gasteiger partial charge is 0.454 e. The lowest BCUT2D eigenvalue weighted by atomic mass is 10.2. The van der Waals surface area contributed by atoms with Crippen molar-refractivity contribution in [1.29, 1.82) is 0 Å². The van der Waals surface area contributed by atoms with Crippen molar-refractivity contribution in [3.05, 3.63) is 66.2 Å². The van der Waals surface area contributed by atoms with Crippen LogP contribution in [0.1, 0.15) is 10.4 Å². The summed E-state index contributed by atoms with van der Waals surface area (Å²) in [5, 5.41) is 0. The van der Waals surface area contributed by atoms with Crippen molar-refractivity contribution in [3.63, 3.8) is 0 Å². The molecule has 0 spiro atoms. The predicted octanol–water partition coefficient (Wildman–Crippen LogP) is 5.12. The number of hydrogen-bond acceptors (Lipinski definition) is 7. The number of ether oxygens (including phenoxy) is 3. The highest BCUT2D eigenvalue weighted by molar-refractivity contribution is 8.00. The zero-order valence-corrected chi connectivity index (χ0v) is 18.1. The highest BCUT2D eigenvalue weighted by Crippen LogP contribution is 2.49. The summed E-state index contributed by atoms with van der Waals surface area (Å²) >= 11 is 3.23. The maximum absolute atomic E-state index is 13.2. The van der Waals surface area contributed by atoms with E-state index in [-0.39, 0.29) is 19.3 Å². The fourth-order valence-corrected chi connectivity index (χ4v) is 4.90. The number of anilines is 2. The molecule has 0 saturated heterocycles. The van der Waals surface area contributed by atoms with E-state index < -0.39 is 5.97 Å². The van der Waals surface area contributed by atoms with Crippen LogP contribution in [0.4, 0.5) is 11.4 Å². The second kappa shape index (κ2) is 8.20. The maximum Gasteiger partial charge on any atom is 0.338 e. The van der Waals surface area contributed by atoms with Gasteiger partial charge in [0, 0.05) is 14.7 Å². The molecule has 0 saturated carbocycles. The smallest absolute Gasteiger partial charge is 0.338 e. The van der Waals surface area contributed by atoms with Gasteiger partial charge in [0.25, 0.3) is 5.91 Å². The van der Waals surface area contributed by atoms with Gasteiger partial charge in [0.15, 0.2) is 18.1 Å². The molecule has 0 atom stereocenters. The van der Waals surface area contributed by atoms with Crippen LogP contribution >= 0.6 is 23.5 Å². The molecule has 156 valence electrons. The summed E-state index contributed by atoms with van der Waals surface area (Å²) in [5.41, 5.74) is 1.87. The van der Waals surface area contributed by atoms with Crippen molar-refractivity contribution in [2.75, 3.05) is 24.6 Å². The van der Waals surface area contributed by atoms with Crippen LogP contribution in [0, 0.1) is 0 Å². The molecular weight excluding hydrogens is 434 g/mol. The SMILES string of the molecule is CSc1ccc2c(c1)N(C(=O)COC(=O)c1ccc3c(c1)OCO3)c1ccccc1S2. The van der Waals surface area contributed by atoms with Gasteiger partial charge in [-0.2, -0.15) is 0 Å². The first kappa shape index (κ1) is 19.8. The Labute approximate surface area is 187 Å². The van der Waals surface area contributed by atoms with Crippen LogP contribution in [0.3, 0.4) is 0 Å². The lowest BCUT2D eigenvalue weighted by molar-refractivity contribution is -0.121. The zero-order valence-electron chi connectivity index (χ0n) is 16.5. The van der Waals surface area contributed by atoms with E-state index in [2.05, 4.69) is 0 Å². The monoisotopic (exact) mass is 451 g/mol. The van der Waals surface area contributed by atoms with Gasteiger partial charge in [0.2, 0.25) is 6.79 Å². The molecule has 0 unspecified atom stereocenters. The molecule has 6 nitrogen and oxygen atoms in total. The van der Waals surface area contributed by atoms with Crippen LogP contribution in [-0.2, 0) is 9.53 Å². The van der Waals surface area contributed by atoms with Gasteiger partial charge >= 0.3 is 5.97 Å². The van der Waals surface area contributed by atoms with Gasteiger partial charge in [-0.3, -0.25) is 9.69 Å². The molecule has 0 N–H and O–H groups in total. The topological polar surface area (TPSA) is 65.1 Å². The van der Waals surface area contributed by atoms with Gasteiger partial charge in [-0.15, -0.1) is 11.8 Å². The van der Waals surface area contributed by atoms with E-state index >= 15 is 0 Å². The number of para-hydroxylation sites is 1. The molecule has 2 heterocycles. The van der Waals surface area contributed by atoms with Gasteiger partial charge in [0.1, 0.15) is 0 Å². The average molecular weight is 452 g/mol. The molecule has 2 aliphatic heterocycles. The minimum absolute atomic E-state index is 0.121. The van der Waals surface area contributed by atoms with Crippen LogP contribution in [0.2, 0.25) is 0 Å². The summed E-state index contributed by atoms with van der Waals surface area (Å²) in [4.78, 5) is 30.4. The van der Waals surface area contributed by atoms with Crippen molar-refractivity contribution in [1.82, 2.24) is 0 Å². The Kier molecular flexibility index (Phi) is 5.25. The third-order valence-electron chi connectivity index (χ3n) is 4.92. The second-order valence-electron chi connectivity index (χ2n) is 6.78. The minimum atomic E-state index is -0.593. The van der Waals surface area contributed by atoms with Gasteiger partial charge in [-0.1, -0.05) is 23.9 Å². The second-order valence-corrected chi connectivity index (χ2v) is 8.74. The van der Waals surface area contributed by atoms with Crippen molar-refractivity contribution >= 4 is 46.8 Å². The third-order valence-corrected chi connectivity index (χ3v) is 6.77. The Bertz CT molecular complexity index is 1200.